The van der Waals surface area contributed by atoms with Crippen molar-refractivity contribution in [3.05, 3.63) is 11.6 Å². The van der Waals surface area contributed by atoms with Crippen LogP contribution in [0.15, 0.2) is 11.6 Å². The quantitative estimate of drug-likeness (QED) is 0.462. The fourth-order valence-corrected chi connectivity index (χ4v) is 1.22. The van der Waals surface area contributed by atoms with Crippen LogP contribution in [-0.2, 0) is 23.9 Å². The van der Waals surface area contributed by atoms with Crippen LogP contribution in [0, 0.1) is 0 Å². The van der Waals surface area contributed by atoms with Crippen LogP contribution in [0.4, 0.5) is 0 Å². The molecule has 0 aromatic carbocycles. The molecule has 0 aromatic rings. The molecule has 5 nitrogen and oxygen atoms in total. The van der Waals surface area contributed by atoms with E-state index in [2.05, 4.69) is 4.74 Å². The minimum Gasteiger partial charge on any atom is -0.446 e. The van der Waals surface area contributed by atoms with E-state index < -0.39 is 24.0 Å². The predicted octanol–water partition coefficient (Wildman–Crippen LogP) is 0.0919. The van der Waals surface area contributed by atoms with Crippen LogP contribution in [0.5, 0.6) is 0 Å². The van der Waals surface area contributed by atoms with E-state index in [0.717, 1.165) is 6.42 Å². The highest BCUT2D eigenvalue weighted by Crippen LogP contribution is 2.21. The van der Waals surface area contributed by atoms with Crippen LogP contribution < -0.4 is 0 Å². The van der Waals surface area contributed by atoms with E-state index in [-0.39, 0.29) is 6.42 Å². The Morgan fingerprint density at radius 1 is 1.50 bits per heavy atom. The van der Waals surface area contributed by atoms with Gasteiger partial charge in [-0.25, -0.2) is 9.59 Å². The Labute approximate surface area is 79.7 Å². The summed E-state index contributed by atoms with van der Waals surface area (Å²) in [6.45, 7) is 0. The largest absolute Gasteiger partial charge is 0.446 e. The van der Waals surface area contributed by atoms with Gasteiger partial charge in [-0.15, -0.1) is 0 Å². The standard InChI is InChI=1S/C9H8O5/c10-7-4-6(9(12)14-7)13-8(11)5-2-1-3-5/h2,6H,1,3-4H2. The molecule has 5 heteroatoms. The van der Waals surface area contributed by atoms with Crippen molar-refractivity contribution in [3.8, 4) is 0 Å². The van der Waals surface area contributed by atoms with Crippen molar-refractivity contribution < 1.29 is 23.9 Å². The molecule has 1 fully saturated rings. The van der Waals surface area contributed by atoms with E-state index in [0.29, 0.717) is 12.0 Å². The number of hydrogen-bond acceptors (Lipinski definition) is 5. The van der Waals surface area contributed by atoms with E-state index in [1.165, 1.54) is 0 Å². The molecule has 1 atom stereocenters. The molecule has 0 amide bonds. The molecule has 1 saturated heterocycles. The minimum atomic E-state index is -1.04. The lowest BCUT2D eigenvalue weighted by atomic mass is 9.99. The molecule has 1 heterocycles. The average Bonchev–Trinajstić information content (AvgIpc) is 2.26. The smallest absolute Gasteiger partial charge is 0.355 e. The number of rotatable bonds is 2. The van der Waals surface area contributed by atoms with Gasteiger partial charge in [-0.3, -0.25) is 4.79 Å². The Morgan fingerprint density at radius 3 is 2.64 bits per heavy atom. The molecule has 1 aliphatic carbocycles. The minimum absolute atomic E-state index is 0.169. The first kappa shape index (κ1) is 8.93. The van der Waals surface area contributed by atoms with Crippen molar-refractivity contribution in [3.63, 3.8) is 0 Å². The summed E-state index contributed by atoms with van der Waals surface area (Å²) in [5, 5.41) is 0. The van der Waals surface area contributed by atoms with Crippen molar-refractivity contribution in [1.82, 2.24) is 0 Å². The second kappa shape index (κ2) is 3.25. The lowest BCUT2D eigenvalue weighted by molar-refractivity contribution is -0.160. The van der Waals surface area contributed by atoms with Crippen molar-refractivity contribution in [2.45, 2.75) is 25.4 Å². The molecule has 1 unspecified atom stereocenters. The number of cyclic esters (lactones) is 2. The van der Waals surface area contributed by atoms with Crippen molar-refractivity contribution >= 4 is 17.9 Å². The summed E-state index contributed by atoms with van der Waals surface area (Å²) in [7, 11) is 0. The Morgan fingerprint density at radius 2 is 2.21 bits per heavy atom. The van der Waals surface area contributed by atoms with Gasteiger partial charge >= 0.3 is 17.9 Å². The molecular formula is C9H8O5. The number of allylic oxidation sites excluding steroid dienone is 1. The SMILES string of the molecule is O=C1CC(OC(=O)C2=CCC2)C(=O)O1. The van der Waals surface area contributed by atoms with Gasteiger partial charge in [-0.05, 0) is 12.8 Å². The third-order valence-corrected chi connectivity index (χ3v) is 2.15. The van der Waals surface area contributed by atoms with Gasteiger partial charge in [0.1, 0.15) is 0 Å². The summed E-state index contributed by atoms with van der Waals surface area (Å²) in [6, 6.07) is 0. The Hall–Kier alpha value is -1.65. The molecule has 14 heavy (non-hydrogen) atoms. The van der Waals surface area contributed by atoms with Gasteiger partial charge in [-0.2, -0.15) is 0 Å². The highest BCUT2D eigenvalue weighted by Gasteiger charge is 2.37. The Kier molecular flexibility index (Phi) is 2.07. The van der Waals surface area contributed by atoms with Crippen molar-refractivity contribution in [2.24, 2.45) is 0 Å². The van der Waals surface area contributed by atoms with Crippen LogP contribution >= 0.6 is 0 Å². The van der Waals surface area contributed by atoms with Gasteiger partial charge in [0.15, 0.2) is 0 Å². The fraction of sp³-hybridized carbons (Fsp3) is 0.444. The normalized spacial score (nSPS) is 25.1. The molecule has 0 N–H and O–H groups in total. The van der Waals surface area contributed by atoms with E-state index >= 15 is 0 Å². The van der Waals surface area contributed by atoms with Crippen LogP contribution in [0.2, 0.25) is 0 Å². The highest BCUT2D eigenvalue weighted by molar-refractivity contribution is 5.99. The number of ether oxygens (including phenoxy) is 2. The first-order chi connectivity index (χ1) is 6.66. The number of hydrogen-bond donors (Lipinski definition) is 0. The highest BCUT2D eigenvalue weighted by atomic mass is 16.6. The molecule has 0 saturated carbocycles. The molecule has 2 rings (SSSR count). The zero-order valence-corrected chi connectivity index (χ0v) is 7.32. The van der Waals surface area contributed by atoms with Crippen molar-refractivity contribution in [1.29, 1.82) is 0 Å². The van der Waals surface area contributed by atoms with Gasteiger partial charge in [0.25, 0.3) is 0 Å². The molecule has 74 valence electrons. The number of carbonyl (C=O) groups is 3. The van der Waals surface area contributed by atoms with Crippen molar-refractivity contribution in [2.75, 3.05) is 0 Å². The molecule has 0 aromatic heterocycles. The lowest BCUT2D eigenvalue weighted by Crippen LogP contribution is -2.24. The van der Waals surface area contributed by atoms with Gasteiger partial charge in [-0.1, -0.05) is 6.08 Å². The molecule has 0 radical (unpaired) electrons. The zero-order valence-electron chi connectivity index (χ0n) is 7.32. The summed E-state index contributed by atoms with van der Waals surface area (Å²) in [5.41, 5.74) is 0.567. The first-order valence-corrected chi connectivity index (χ1v) is 4.31. The third kappa shape index (κ3) is 1.53. The summed E-state index contributed by atoms with van der Waals surface area (Å²) in [4.78, 5) is 32.8. The second-order valence-electron chi connectivity index (χ2n) is 3.16. The fourth-order valence-electron chi connectivity index (χ4n) is 1.22. The maximum absolute atomic E-state index is 11.2. The summed E-state index contributed by atoms with van der Waals surface area (Å²) < 4.78 is 9.03. The van der Waals surface area contributed by atoms with Crippen LogP contribution in [0.1, 0.15) is 19.3 Å². The maximum Gasteiger partial charge on any atom is 0.355 e. The molecular weight excluding hydrogens is 188 g/mol. The van der Waals surface area contributed by atoms with Gasteiger partial charge < -0.3 is 9.47 Å². The third-order valence-electron chi connectivity index (χ3n) is 2.15. The van der Waals surface area contributed by atoms with E-state index in [1.807, 2.05) is 0 Å². The lowest BCUT2D eigenvalue weighted by Gasteiger charge is -2.14. The van der Waals surface area contributed by atoms with E-state index in [1.54, 1.807) is 6.08 Å². The number of carbonyl (C=O) groups excluding carboxylic acids is 3. The first-order valence-electron chi connectivity index (χ1n) is 4.31. The maximum atomic E-state index is 11.2. The summed E-state index contributed by atoms with van der Waals surface area (Å²) >= 11 is 0. The average molecular weight is 196 g/mol. The predicted molar refractivity (Wildman–Crippen MR) is 42.9 cm³/mol. The Balaban J connectivity index is 1.94. The van der Waals surface area contributed by atoms with Gasteiger partial charge in [0, 0.05) is 5.57 Å². The van der Waals surface area contributed by atoms with Gasteiger partial charge in [0.2, 0.25) is 6.10 Å². The van der Waals surface area contributed by atoms with E-state index in [9.17, 15) is 14.4 Å². The second-order valence-corrected chi connectivity index (χ2v) is 3.16. The van der Waals surface area contributed by atoms with E-state index in [4.69, 9.17) is 4.74 Å². The molecule has 1 aliphatic heterocycles. The zero-order chi connectivity index (χ0) is 10.1. The van der Waals surface area contributed by atoms with Crippen LogP contribution in [-0.4, -0.2) is 24.0 Å². The molecule has 0 spiro atoms. The van der Waals surface area contributed by atoms with Crippen LogP contribution in [0.25, 0.3) is 0 Å². The van der Waals surface area contributed by atoms with Crippen LogP contribution in [0.3, 0.4) is 0 Å². The molecule has 2 aliphatic rings. The van der Waals surface area contributed by atoms with Gasteiger partial charge in [0.05, 0.1) is 6.42 Å². The Bertz CT molecular complexity index is 341. The monoisotopic (exact) mass is 196 g/mol. The molecule has 0 bridgehead atoms. The summed E-state index contributed by atoms with van der Waals surface area (Å²) in [5.74, 6) is -1.94. The number of esters is 3. The summed E-state index contributed by atoms with van der Waals surface area (Å²) in [6.07, 6.45) is 2.06. The topological polar surface area (TPSA) is 69.7 Å².